The van der Waals surface area contributed by atoms with E-state index >= 15 is 0 Å². The highest BCUT2D eigenvalue weighted by Gasteiger charge is 2.25. The number of hydrogen-bond donors (Lipinski definition) is 0. The number of nitrogens with zero attached hydrogens (tertiary/aromatic N) is 1. The van der Waals surface area contributed by atoms with Gasteiger partial charge in [0, 0.05) is 18.0 Å². The van der Waals surface area contributed by atoms with E-state index < -0.39 is 5.82 Å². The Kier molecular flexibility index (Phi) is 4.02. The molecule has 1 aliphatic heterocycles. The Morgan fingerprint density at radius 3 is 3.06 bits per heavy atom. The molecule has 1 amide bonds. The Hall–Kier alpha value is -1.35. The normalized spacial score (nSPS) is 14.2. The quantitative estimate of drug-likeness (QED) is 0.765. The molecule has 0 unspecified atom stereocenters. The summed E-state index contributed by atoms with van der Waals surface area (Å²) in [4.78, 5) is 13.6. The van der Waals surface area contributed by atoms with E-state index in [4.69, 9.17) is 11.6 Å². The first-order valence-corrected chi connectivity index (χ1v) is 6.40. The highest BCUT2D eigenvalue weighted by atomic mass is 35.5. The molecular weight excluding hydrogens is 253 g/mol. The van der Waals surface area contributed by atoms with Gasteiger partial charge >= 0.3 is 0 Å². The lowest BCUT2D eigenvalue weighted by Gasteiger charge is -2.30. The molecule has 2 nitrogen and oxygen atoms in total. The van der Waals surface area contributed by atoms with Gasteiger partial charge in [0.15, 0.2) is 0 Å². The molecule has 0 aliphatic carbocycles. The number of hydrogen-bond acceptors (Lipinski definition) is 1. The van der Waals surface area contributed by atoms with Gasteiger partial charge in [0.25, 0.3) is 0 Å². The fourth-order valence-corrected chi connectivity index (χ4v) is 2.49. The van der Waals surface area contributed by atoms with Gasteiger partial charge in [-0.15, -0.1) is 6.58 Å². The molecule has 18 heavy (non-hydrogen) atoms. The lowest BCUT2D eigenvalue weighted by atomic mass is 10.0. The molecule has 0 saturated carbocycles. The summed E-state index contributed by atoms with van der Waals surface area (Å²) in [5, 5.41) is 0.381. The summed E-state index contributed by atoms with van der Waals surface area (Å²) in [6, 6.07) is 3.01. The average Bonchev–Trinajstić information content (AvgIpc) is 2.34. The summed E-state index contributed by atoms with van der Waals surface area (Å²) in [7, 11) is 0. The van der Waals surface area contributed by atoms with Gasteiger partial charge in [-0.25, -0.2) is 4.39 Å². The van der Waals surface area contributed by atoms with E-state index in [-0.39, 0.29) is 5.91 Å². The number of aryl methyl sites for hydroxylation is 1. The SMILES string of the molecule is C=CCCC(=O)N1CCCc2cc(Cl)cc(F)c21. The summed E-state index contributed by atoms with van der Waals surface area (Å²) in [6.45, 7) is 4.16. The first-order valence-electron chi connectivity index (χ1n) is 6.02. The van der Waals surface area contributed by atoms with Crippen molar-refractivity contribution in [3.05, 3.63) is 41.2 Å². The summed E-state index contributed by atoms with van der Waals surface area (Å²) < 4.78 is 14.0. The zero-order chi connectivity index (χ0) is 13.1. The third-order valence-electron chi connectivity index (χ3n) is 3.07. The van der Waals surface area contributed by atoms with Crippen LogP contribution in [-0.2, 0) is 11.2 Å². The Morgan fingerprint density at radius 2 is 2.33 bits per heavy atom. The molecule has 0 aromatic heterocycles. The van der Waals surface area contributed by atoms with Gasteiger partial charge in [-0.2, -0.15) is 0 Å². The Morgan fingerprint density at radius 1 is 1.56 bits per heavy atom. The topological polar surface area (TPSA) is 20.3 Å². The number of amides is 1. The van der Waals surface area contributed by atoms with E-state index in [9.17, 15) is 9.18 Å². The molecule has 0 saturated heterocycles. The van der Waals surface area contributed by atoms with Gasteiger partial charge in [-0.05, 0) is 37.0 Å². The molecule has 0 N–H and O–H groups in total. The van der Waals surface area contributed by atoms with E-state index in [1.165, 1.54) is 11.0 Å². The number of halogens is 2. The van der Waals surface area contributed by atoms with E-state index in [1.807, 2.05) is 0 Å². The molecule has 96 valence electrons. The maximum Gasteiger partial charge on any atom is 0.227 e. The molecule has 0 atom stereocenters. The molecular formula is C14H15ClFNO. The van der Waals surface area contributed by atoms with Crippen LogP contribution in [0.5, 0.6) is 0 Å². The Bertz CT molecular complexity index is 487. The van der Waals surface area contributed by atoms with Crippen molar-refractivity contribution in [2.75, 3.05) is 11.4 Å². The zero-order valence-corrected chi connectivity index (χ0v) is 10.8. The average molecular weight is 268 g/mol. The van der Waals surface area contributed by atoms with E-state index in [1.54, 1.807) is 12.1 Å². The second-order valence-electron chi connectivity index (χ2n) is 4.37. The van der Waals surface area contributed by atoms with Crippen molar-refractivity contribution in [3.8, 4) is 0 Å². The van der Waals surface area contributed by atoms with Gasteiger partial charge in [-0.1, -0.05) is 17.7 Å². The molecule has 4 heteroatoms. The molecule has 1 aromatic carbocycles. The van der Waals surface area contributed by atoms with Gasteiger partial charge < -0.3 is 4.90 Å². The number of fused-ring (bicyclic) bond motifs is 1. The Balaban J connectivity index is 2.32. The van der Waals surface area contributed by atoms with E-state index in [0.717, 1.165) is 18.4 Å². The summed E-state index contributed by atoms with van der Waals surface area (Å²) in [6.07, 6.45) is 4.27. The highest BCUT2D eigenvalue weighted by Crippen LogP contribution is 2.33. The standard InChI is InChI=1S/C14H15ClFNO/c1-2-3-6-13(18)17-7-4-5-10-8-11(15)9-12(16)14(10)17/h2,8-9H,1,3-7H2. The minimum Gasteiger partial charge on any atom is -0.309 e. The molecule has 0 bridgehead atoms. The molecule has 0 fully saturated rings. The zero-order valence-electron chi connectivity index (χ0n) is 10.1. The minimum atomic E-state index is -0.413. The number of rotatable bonds is 3. The molecule has 1 aliphatic rings. The van der Waals surface area contributed by atoms with Gasteiger partial charge in [0.2, 0.25) is 5.91 Å². The molecule has 1 aromatic rings. The third kappa shape index (κ3) is 2.56. The smallest absolute Gasteiger partial charge is 0.227 e. The van der Waals surface area contributed by atoms with Crippen molar-refractivity contribution in [2.24, 2.45) is 0 Å². The van der Waals surface area contributed by atoms with Crippen LogP contribution in [0.25, 0.3) is 0 Å². The second-order valence-corrected chi connectivity index (χ2v) is 4.81. The van der Waals surface area contributed by atoms with Crippen molar-refractivity contribution in [1.29, 1.82) is 0 Å². The number of carbonyl (C=O) groups is 1. The van der Waals surface area contributed by atoms with Crippen LogP contribution in [0.4, 0.5) is 10.1 Å². The van der Waals surface area contributed by atoms with E-state index in [2.05, 4.69) is 6.58 Å². The second kappa shape index (κ2) is 5.53. The third-order valence-corrected chi connectivity index (χ3v) is 3.29. The van der Waals surface area contributed by atoms with Crippen molar-refractivity contribution in [1.82, 2.24) is 0 Å². The number of benzene rings is 1. The predicted octanol–water partition coefficient (Wildman–Crippen LogP) is 3.72. The lowest BCUT2D eigenvalue weighted by Crippen LogP contribution is -2.36. The van der Waals surface area contributed by atoms with Crippen molar-refractivity contribution < 1.29 is 9.18 Å². The summed E-state index contributed by atoms with van der Waals surface area (Å²) in [5.74, 6) is -0.471. The van der Waals surface area contributed by atoms with Crippen LogP contribution in [0, 0.1) is 5.82 Å². The van der Waals surface area contributed by atoms with Gasteiger partial charge in [-0.3, -0.25) is 4.79 Å². The summed E-state index contributed by atoms with van der Waals surface area (Å²) in [5.41, 5.74) is 1.22. The molecule has 0 spiro atoms. The van der Waals surface area contributed by atoms with E-state index in [0.29, 0.717) is 30.1 Å². The maximum atomic E-state index is 14.0. The molecule has 0 radical (unpaired) electrons. The van der Waals surface area contributed by atoms with Crippen molar-refractivity contribution in [3.63, 3.8) is 0 Å². The van der Waals surface area contributed by atoms with Crippen LogP contribution in [-0.4, -0.2) is 12.5 Å². The minimum absolute atomic E-state index is 0.0583. The number of allylic oxidation sites excluding steroid dienone is 1. The first-order chi connectivity index (χ1) is 8.63. The predicted molar refractivity (Wildman–Crippen MR) is 71.5 cm³/mol. The maximum absolute atomic E-state index is 14.0. The fourth-order valence-electron chi connectivity index (χ4n) is 2.26. The van der Waals surface area contributed by atoms with Crippen LogP contribution in [0.3, 0.4) is 0 Å². The van der Waals surface area contributed by atoms with Crippen LogP contribution in [0.2, 0.25) is 5.02 Å². The van der Waals surface area contributed by atoms with Crippen molar-refractivity contribution in [2.45, 2.75) is 25.7 Å². The van der Waals surface area contributed by atoms with Gasteiger partial charge in [0.1, 0.15) is 5.82 Å². The monoisotopic (exact) mass is 267 g/mol. The lowest BCUT2D eigenvalue weighted by molar-refractivity contribution is -0.118. The largest absolute Gasteiger partial charge is 0.309 e. The highest BCUT2D eigenvalue weighted by molar-refractivity contribution is 6.30. The van der Waals surface area contributed by atoms with Crippen LogP contribution in [0.15, 0.2) is 24.8 Å². The number of carbonyl (C=O) groups excluding carboxylic acids is 1. The number of anilines is 1. The molecule has 2 rings (SSSR count). The summed E-state index contributed by atoms with van der Waals surface area (Å²) >= 11 is 5.84. The van der Waals surface area contributed by atoms with Gasteiger partial charge in [0.05, 0.1) is 5.69 Å². The Labute approximate surface area is 111 Å². The fraction of sp³-hybridized carbons (Fsp3) is 0.357. The first kappa shape index (κ1) is 13.1. The molecule has 1 heterocycles. The van der Waals surface area contributed by atoms with Crippen LogP contribution in [0.1, 0.15) is 24.8 Å². The van der Waals surface area contributed by atoms with Crippen LogP contribution >= 0.6 is 11.6 Å². The van der Waals surface area contributed by atoms with Crippen molar-refractivity contribution >= 4 is 23.2 Å². The van der Waals surface area contributed by atoms with Crippen LogP contribution < -0.4 is 4.90 Å².